The van der Waals surface area contributed by atoms with E-state index in [1.807, 2.05) is 12.1 Å². The standard InChI is InChI=1S/C23H29NO5/c1-15(29-19-11-9-16-7-5-6-8-17(16)13-19)23(25)24-14-18-10-12-20(26-2)22(28-4)21(18)27-3/h9-13,15H,5-8,14H2,1-4H3,(H,24,25)/t15-/m0/s1. The lowest BCUT2D eigenvalue weighted by Gasteiger charge is -2.20. The number of fused-ring (bicyclic) bond motifs is 1. The molecule has 0 unspecified atom stereocenters. The molecule has 156 valence electrons. The van der Waals surface area contributed by atoms with Gasteiger partial charge in [-0.3, -0.25) is 4.79 Å². The van der Waals surface area contributed by atoms with Crippen LogP contribution < -0.4 is 24.3 Å². The van der Waals surface area contributed by atoms with Gasteiger partial charge in [-0.15, -0.1) is 0 Å². The normalized spacial score (nSPS) is 13.8. The van der Waals surface area contributed by atoms with E-state index < -0.39 is 6.10 Å². The average Bonchev–Trinajstić information content (AvgIpc) is 2.76. The highest BCUT2D eigenvalue weighted by atomic mass is 16.5. The summed E-state index contributed by atoms with van der Waals surface area (Å²) in [4.78, 5) is 12.6. The zero-order valence-corrected chi connectivity index (χ0v) is 17.5. The van der Waals surface area contributed by atoms with Crippen molar-refractivity contribution in [1.82, 2.24) is 5.32 Å². The van der Waals surface area contributed by atoms with Crippen molar-refractivity contribution in [3.05, 3.63) is 47.0 Å². The predicted octanol–water partition coefficient (Wildman–Crippen LogP) is 3.67. The molecule has 1 aliphatic rings. The molecular weight excluding hydrogens is 370 g/mol. The third-order valence-electron chi connectivity index (χ3n) is 5.24. The zero-order valence-electron chi connectivity index (χ0n) is 17.5. The molecule has 6 heteroatoms. The van der Waals surface area contributed by atoms with Crippen molar-refractivity contribution in [3.8, 4) is 23.0 Å². The average molecular weight is 399 g/mol. The molecule has 0 aromatic heterocycles. The van der Waals surface area contributed by atoms with Gasteiger partial charge in [0, 0.05) is 12.1 Å². The lowest BCUT2D eigenvalue weighted by molar-refractivity contribution is -0.127. The molecule has 0 saturated heterocycles. The van der Waals surface area contributed by atoms with Crippen LogP contribution in [0, 0.1) is 0 Å². The van der Waals surface area contributed by atoms with Crippen molar-refractivity contribution >= 4 is 5.91 Å². The number of rotatable bonds is 8. The third-order valence-corrected chi connectivity index (χ3v) is 5.24. The Morgan fingerprint density at radius 2 is 1.69 bits per heavy atom. The van der Waals surface area contributed by atoms with Crippen molar-refractivity contribution < 1.29 is 23.7 Å². The second kappa shape index (κ2) is 9.54. The Balaban J connectivity index is 1.63. The number of carbonyl (C=O) groups is 1. The van der Waals surface area contributed by atoms with Gasteiger partial charge in [0.25, 0.3) is 5.91 Å². The largest absolute Gasteiger partial charge is 0.493 e. The molecule has 0 aliphatic heterocycles. The van der Waals surface area contributed by atoms with Crippen LogP contribution in [0.15, 0.2) is 30.3 Å². The fourth-order valence-corrected chi connectivity index (χ4v) is 3.67. The molecular formula is C23H29NO5. The molecule has 0 bridgehead atoms. The Hall–Kier alpha value is -2.89. The molecule has 1 atom stereocenters. The van der Waals surface area contributed by atoms with Gasteiger partial charge >= 0.3 is 0 Å². The van der Waals surface area contributed by atoms with E-state index in [0.29, 0.717) is 23.8 Å². The number of amides is 1. The third kappa shape index (κ3) is 4.75. The molecule has 1 amide bonds. The van der Waals surface area contributed by atoms with E-state index in [0.717, 1.165) is 24.2 Å². The maximum absolute atomic E-state index is 12.6. The minimum absolute atomic E-state index is 0.195. The number of hydrogen-bond donors (Lipinski definition) is 1. The molecule has 1 N–H and O–H groups in total. The van der Waals surface area contributed by atoms with Gasteiger partial charge in [-0.1, -0.05) is 6.07 Å². The van der Waals surface area contributed by atoms with E-state index in [4.69, 9.17) is 18.9 Å². The molecule has 2 aromatic rings. The maximum atomic E-state index is 12.6. The summed E-state index contributed by atoms with van der Waals surface area (Å²) in [5, 5.41) is 2.90. The summed E-state index contributed by atoms with van der Waals surface area (Å²) >= 11 is 0. The molecule has 0 saturated carbocycles. The van der Waals surface area contributed by atoms with Crippen LogP contribution in [0.3, 0.4) is 0 Å². The number of carbonyl (C=O) groups excluding carboxylic acids is 1. The quantitative estimate of drug-likeness (QED) is 0.734. The smallest absolute Gasteiger partial charge is 0.261 e. The lowest BCUT2D eigenvalue weighted by atomic mass is 9.92. The first-order chi connectivity index (χ1) is 14.1. The second-order valence-corrected chi connectivity index (χ2v) is 7.11. The summed E-state index contributed by atoms with van der Waals surface area (Å²) in [7, 11) is 4.68. The van der Waals surface area contributed by atoms with Gasteiger partial charge in [-0.2, -0.15) is 0 Å². The maximum Gasteiger partial charge on any atom is 0.261 e. The number of nitrogens with one attached hydrogen (secondary N) is 1. The van der Waals surface area contributed by atoms with Crippen molar-refractivity contribution in [2.24, 2.45) is 0 Å². The van der Waals surface area contributed by atoms with Crippen LogP contribution in [0.25, 0.3) is 0 Å². The second-order valence-electron chi connectivity index (χ2n) is 7.11. The van der Waals surface area contributed by atoms with Gasteiger partial charge in [0.1, 0.15) is 5.75 Å². The zero-order chi connectivity index (χ0) is 20.8. The van der Waals surface area contributed by atoms with Crippen LogP contribution in [-0.4, -0.2) is 33.3 Å². The summed E-state index contributed by atoms with van der Waals surface area (Å²) < 4.78 is 22.0. The number of ether oxygens (including phenoxy) is 4. The Morgan fingerprint density at radius 1 is 0.966 bits per heavy atom. The summed E-state index contributed by atoms with van der Waals surface area (Å²) in [6.07, 6.45) is 4.04. The lowest BCUT2D eigenvalue weighted by Crippen LogP contribution is -2.36. The van der Waals surface area contributed by atoms with Gasteiger partial charge in [-0.05, 0) is 68.0 Å². The van der Waals surface area contributed by atoms with E-state index in [1.54, 1.807) is 34.3 Å². The van der Waals surface area contributed by atoms with Crippen molar-refractivity contribution in [2.45, 2.75) is 45.3 Å². The number of aryl methyl sites for hydroxylation is 2. The van der Waals surface area contributed by atoms with Crippen LogP contribution >= 0.6 is 0 Å². The SMILES string of the molecule is COc1ccc(CNC(=O)[C@H](C)Oc2ccc3c(c2)CCCC3)c(OC)c1OC. The van der Waals surface area contributed by atoms with Gasteiger partial charge in [-0.25, -0.2) is 0 Å². The Morgan fingerprint density at radius 3 is 2.38 bits per heavy atom. The molecule has 0 heterocycles. The summed E-state index contributed by atoms with van der Waals surface area (Å²) in [6, 6.07) is 9.76. The molecule has 29 heavy (non-hydrogen) atoms. The van der Waals surface area contributed by atoms with Crippen LogP contribution in [0.5, 0.6) is 23.0 Å². The minimum Gasteiger partial charge on any atom is -0.493 e. The van der Waals surface area contributed by atoms with Gasteiger partial charge in [0.2, 0.25) is 5.75 Å². The van der Waals surface area contributed by atoms with Gasteiger partial charge in [0.15, 0.2) is 17.6 Å². The van der Waals surface area contributed by atoms with E-state index in [9.17, 15) is 4.79 Å². The van der Waals surface area contributed by atoms with Crippen LogP contribution in [-0.2, 0) is 24.2 Å². The Kier molecular flexibility index (Phi) is 6.86. The van der Waals surface area contributed by atoms with Crippen LogP contribution in [0.4, 0.5) is 0 Å². The predicted molar refractivity (Wildman–Crippen MR) is 111 cm³/mol. The molecule has 2 aromatic carbocycles. The van der Waals surface area contributed by atoms with Gasteiger partial charge < -0.3 is 24.3 Å². The Labute approximate surface area is 172 Å². The van der Waals surface area contributed by atoms with Crippen molar-refractivity contribution in [3.63, 3.8) is 0 Å². The number of benzene rings is 2. The molecule has 0 fully saturated rings. The van der Waals surface area contributed by atoms with Gasteiger partial charge in [0.05, 0.1) is 21.3 Å². The number of hydrogen-bond acceptors (Lipinski definition) is 5. The fourth-order valence-electron chi connectivity index (χ4n) is 3.67. The topological polar surface area (TPSA) is 66.0 Å². The molecule has 6 nitrogen and oxygen atoms in total. The van der Waals surface area contributed by atoms with Crippen molar-refractivity contribution in [2.75, 3.05) is 21.3 Å². The number of methoxy groups -OCH3 is 3. The first-order valence-corrected chi connectivity index (χ1v) is 9.91. The van der Waals surface area contributed by atoms with E-state index in [1.165, 1.54) is 24.0 Å². The van der Waals surface area contributed by atoms with Crippen LogP contribution in [0.2, 0.25) is 0 Å². The minimum atomic E-state index is -0.609. The summed E-state index contributed by atoms with van der Waals surface area (Å²) in [5.74, 6) is 2.15. The highest BCUT2D eigenvalue weighted by molar-refractivity contribution is 5.80. The fraction of sp³-hybridized carbons (Fsp3) is 0.435. The first-order valence-electron chi connectivity index (χ1n) is 9.91. The highest BCUT2D eigenvalue weighted by Gasteiger charge is 2.19. The Bertz CT molecular complexity index is 865. The van der Waals surface area contributed by atoms with E-state index in [2.05, 4.69) is 17.4 Å². The summed E-state index contributed by atoms with van der Waals surface area (Å²) in [6.45, 7) is 2.04. The summed E-state index contributed by atoms with van der Waals surface area (Å²) in [5.41, 5.74) is 3.51. The molecule has 0 spiro atoms. The monoisotopic (exact) mass is 399 g/mol. The highest BCUT2D eigenvalue weighted by Crippen LogP contribution is 2.39. The van der Waals surface area contributed by atoms with E-state index >= 15 is 0 Å². The van der Waals surface area contributed by atoms with E-state index in [-0.39, 0.29) is 5.91 Å². The molecule has 1 aliphatic carbocycles. The van der Waals surface area contributed by atoms with Crippen molar-refractivity contribution in [1.29, 1.82) is 0 Å². The first kappa shape index (κ1) is 20.8. The molecule has 3 rings (SSSR count). The van der Waals surface area contributed by atoms with Crippen LogP contribution in [0.1, 0.15) is 36.5 Å². The molecule has 0 radical (unpaired) electrons.